The molecule has 2 unspecified atom stereocenters. The molecule has 1 saturated heterocycles. The summed E-state index contributed by atoms with van der Waals surface area (Å²) in [4.78, 5) is 42.8. The second-order valence-corrected chi connectivity index (χ2v) is 6.61. The number of carbonyl (C=O) groups excluding carboxylic acids is 3. The maximum absolute atomic E-state index is 12.1. The van der Waals surface area contributed by atoms with Crippen LogP contribution in [0.2, 0.25) is 0 Å². The van der Waals surface area contributed by atoms with E-state index in [1.807, 2.05) is 0 Å². The average Bonchev–Trinajstić information content (AvgIpc) is 3.25. The number of aliphatic imine (C=N–C) groups is 1. The lowest BCUT2D eigenvalue weighted by molar-refractivity contribution is -0.121. The number of thiazole rings is 1. The Balaban J connectivity index is 1.46. The number of rotatable bonds is 6. The summed E-state index contributed by atoms with van der Waals surface area (Å²) in [6.45, 7) is 1.27. The van der Waals surface area contributed by atoms with Crippen LogP contribution in [0.5, 0.6) is 0 Å². The van der Waals surface area contributed by atoms with Crippen LogP contribution in [0.25, 0.3) is 0 Å². The molecule has 0 bridgehead atoms. The number of dihydropyridines is 1. The Kier molecular flexibility index (Phi) is 5.67. The lowest BCUT2D eigenvalue weighted by Crippen LogP contribution is -2.32. The third-order valence-corrected chi connectivity index (χ3v) is 4.59. The second-order valence-electron chi connectivity index (χ2n) is 5.75. The predicted octanol–water partition coefficient (Wildman–Crippen LogP) is 0.703. The van der Waals surface area contributed by atoms with E-state index in [0.717, 1.165) is 19.4 Å². The Morgan fingerprint density at radius 2 is 2.28 bits per heavy atom. The second kappa shape index (κ2) is 8.13. The molecule has 0 saturated carbocycles. The van der Waals surface area contributed by atoms with Crippen molar-refractivity contribution >= 4 is 40.4 Å². The highest BCUT2D eigenvalue weighted by atomic mass is 32.1. The largest absolute Gasteiger partial charge is 0.376 e. The van der Waals surface area contributed by atoms with Crippen molar-refractivity contribution in [2.45, 2.75) is 25.4 Å². The van der Waals surface area contributed by atoms with Crippen molar-refractivity contribution in [1.29, 1.82) is 0 Å². The fraction of sp³-hybridized carbons (Fsp3) is 0.438. The molecule has 3 heterocycles. The standard InChI is InChI=1S/C16H18N4O4S/c21-13-4-3-10(7-17-13)15(23)20-16-19-11(9-25-16)6-14(22)18-8-12-2-1-5-24-12/h3-4,7,9-10,12H,1-2,5-6,8H2,(H,18,22)(H,19,20,23). The van der Waals surface area contributed by atoms with Gasteiger partial charge in [0.2, 0.25) is 11.8 Å². The normalized spacial score (nSPS) is 22.2. The van der Waals surface area contributed by atoms with Gasteiger partial charge in [-0.2, -0.15) is 0 Å². The highest BCUT2D eigenvalue weighted by Crippen LogP contribution is 2.17. The number of hydrogen-bond acceptors (Lipinski definition) is 6. The van der Waals surface area contributed by atoms with Crippen molar-refractivity contribution in [2.24, 2.45) is 10.9 Å². The number of nitrogens with zero attached hydrogens (tertiary/aromatic N) is 2. The van der Waals surface area contributed by atoms with Gasteiger partial charge in [-0.3, -0.25) is 14.4 Å². The molecule has 132 valence electrons. The summed E-state index contributed by atoms with van der Waals surface area (Å²) in [7, 11) is 0. The average molecular weight is 362 g/mol. The smallest absolute Gasteiger partial charge is 0.269 e. The number of amides is 3. The summed E-state index contributed by atoms with van der Waals surface area (Å²) in [6.07, 6.45) is 6.30. The minimum Gasteiger partial charge on any atom is -0.376 e. The summed E-state index contributed by atoms with van der Waals surface area (Å²) < 4.78 is 5.45. The fourth-order valence-corrected chi connectivity index (χ4v) is 3.20. The Bertz CT molecular complexity index is 705. The van der Waals surface area contributed by atoms with Crippen molar-refractivity contribution < 1.29 is 19.1 Å². The van der Waals surface area contributed by atoms with E-state index in [1.54, 1.807) is 5.38 Å². The van der Waals surface area contributed by atoms with E-state index in [4.69, 9.17) is 4.74 Å². The molecule has 2 aliphatic rings. The van der Waals surface area contributed by atoms with Gasteiger partial charge < -0.3 is 15.4 Å². The first-order valence-electron chi connectivity index (χ1n) is 8.00. The summed E-state index contributed by atoms with van der Waals surface area (Å²) >= 11 is 1.24. The van der Waals surface area contributed by atoms with Crippen LogP contribution in [0.15, 0.2) is 22.5 Å². The maximum atomic E-state index is 12.1. The van der Waals surface area contributed by atoms with Gasteiger partial charge in [0.25, 0.3) is 5.91 Å². The van der Waals surface area contributed by atoms with Gasteiger partial charge in [0.05, 0.1) is 24.1 Å². The highest BCUT2D eigenvalue weighted by molar-refractivity contribution is 7.13. The molecular weight excluding hydrogens is 344 g/mol. The van der Waals surface area contributed by atoms with Crippen LogP contribution >= 0.6 is 11.3 Å². The van der Waals surface area contributed by atoms with E-state index in [-0.39, 0.29) is 30.2 Å². The van der Waals surface area contributed by atoms with Crippen LogP contribution in [0.4, 0.5) is 5.13 Å². The van der Waals surface area contributed by atoms with Crippen LogP contribution < -0.4 is 10.6 Å². The minimum absolute atomic E-state index is 0.103. The van der Waals surface area contributed by atoms with Crippen LogP contribution in [-0.4, -0.2) is 48.2 Å². The van der Waals surface area contributed by atoms with Gasteiger partial charge in [-0.15, -0.1) is 11.3 Å². The van der Waals surface area contributed by atoms with Gasteiger partial charge in [-0.05, 0) is 12.8 Å². The third-order valence-electron chi connectivity index (χ3n) is 3.79. The number of hydrogen-bond donors (Lipinski definition) is 2. The van der Waals surface area contributed by atoms with Gasteiger partial charge in [0, 0.05) is 30.8 Å². The van der Waals surface area contributed by atoms with Crippen molar-refractivity contribution in [3.8, 4) is 0 Å². The molecule has 2 aliphatic heterocycles. The minimum atomic E-state index is -0.597. The zero-order valence-electron chi connectivity index (χ0n) is 13.4. The molecule has 0 spiro atoms. The first kappa shape index (κ1) is 17.4. The Labute approximate surface area is 148 Å². The molecule has 1 fully saturated rings. The van der Waals surface area contributed by atoms with Gasteiger partial charge in [-0.25, -0.2) is 9.98 Å². The van der Waals surface area contributed by atoms with Gasteiger partial charge in [-0.1, -0.05) is 6.08 Å². The lowest BCUT2D eigenvalue weighted by Gasteiger charge is -2.10. The van der Waals surface area contributed by atoms with E-state index in [0.29, 0.717) is 17.4 Å². The molecule has 2 N–H and O–H groups in total. The van der Waals surface area contributed by atoms with E-state index in [1.165, 1.54) is 29.7 Å². The molecule has 3 amide bonds. The molecule has 0 aromatic carbocycles. The van der Waals surface area contributed by atoms with Gasteiger partial charge in [0.15, 0.2) is 5.13 Å². The number of carbonyl (C=O) groups is 3. The Morgan fingerprint density at radius 1 is 1.40 bits per heavy atom. The number of ether oxygens (including phenoxy) is 1. The molecule has 2 atom stereocenters. The fourth-order valence-electron chi connectivity index (χ4n) is 2.48. The summed E-state index contributed by atoms with van der Waals surface area (Å²) in [6, 6.07) is 0. The van der Waals surface area contributed by atoms with E-state index < -0.39 is 5.92 Å². The lowest BCUT2D eigenvalue weighted by atomic mass is 10.1. The molecule has 0 radical (unpaired) electrons. The zero-order valence-corrected chi connectivity index (χ0v) is 14.3. The Hall–Kier alpha value is -2.39. The predicted molar refractivity (Wildman–Crippen MR) is 92.6 cm³/mol. The summed E-state index contributed by atoms with van der Waals surface area (Å²) in [5.74, 6) is -1.43. The highest BCUT2D eigenvalue weighted by Gasteiger charge is 2.19. The maximum Gasteiger partial charge on any atom is 0.269 e. The molecule has 3 rings (SSSR count). The topological polar surface area (TPSA) is 110 Å². The van der Waals surface area contributed by atoms with Crippen LogP contribution in [-0.2, 0) is 25.5 Å². The van der Waals surface area contributed by atoms with Gasteiger partial charge in [0.1, 0.15) is 0 Å². The van der Waals surface area contributed by atoms with Crippen molar-refractivity contribution in [1.82, 2.24) is 10.3 Å². The van der Waals surface area contributed by atoms with Crippen molar-refractivity contribution in [3.05, 3.63) is 23.2 Å². The molecule has 0 aliphatic carbocycles. The summed E-state index contributed by atoms with van der Waals surface area (Å²) in [5.41, 5.74) is 0.591. The molecule has 1 aromatic rings. The first-order chi connectivity index (χ1) is 12.1. The van der Waals surface area contributed by atoms with Crippen LogP contribution in [0.3, 0.4) is 0 Å². The van der Waals surface area contributed by atoms with E-state index in [2.05, 4.69) is 20.6 Å². The molecule has 25 heavy (non-hydrogen) atoms. The van der Waals surface area contributed by atoms with E-state index >= 15 is 0 Å². The SMILES string of the molecule is O=C1C=CC(C(=O)Nc2nc(CC(=O)NCC3CCCO3)cs2)C=N1. The number of aromatic nitrogens is 1. The first-order valence-corrected chi connectivity index (χ1v) is 8.88. The number of nitrogens with one attached hydrogen (secondary N) is 2. The van der Waals surface area contributed by atoms with Crippen LogP contribution in [0.1, 0.15) is 18.5 Å². The quantitative estimate of drug-likeness (QED) is 0.774. The van der Waals surface area contributed by atoms with Crippen molar-refractivity contribution in [3.63, 3.8) is 0 Å². The molecule has 9 heteroatoms. The third kappa shape index (κ3) is 5.04. The Morgan fingerprint density at radius 3 is 3.00 bits per heavy atom. The van der Waals surface area contributed by atoms with Crippen LogP contribution in [0, 0.1) is 5.92 Å². The van der Waals surface area contributed by atoms with Gasteiger partial charge >= 0.3 is 0 Å². The van der Waals surface area contributed by atoms with E-state index in [9.17, 15) is 14.4 Å². The molecule has 8 nitrogen and oxygen atoms in total. The monoisotopic (exact) mass is 362 g/mol. The molecule has 1 aromatic heterocycles. The zero-order chi connectivity index (χ0) is 17.6. The molecular formula is C16H18N4O4S. The van der Waals surface area contributed by atoms with Crippen molar-refractivity contribution in [2.75, 3.05) is 18.5 Å². The summed E-state index contributed by atoms with van der Waals surface area (Å²) in [5, 5.41) is 7.63. The number of anilines is 1.